The fourth-order valence-electron chi connectivity index (χ4n) is 0.451. The van der Waals surface area contributed by atoms with Gasteiger partial charge in [0.25, 0.3) is 5.88 Å². The van der Waals surface area contributed by atoms with E-state index in [-0.39, 0.29) is 5.88 Å². The van der Waals surface area contributed by atoms with Crippen LogP contribution < -0.4 is 4.74 Å². The molecule has 0 aromatic carbocycles. The number of carbonyl (C=O) groups excluding carboxylic acids is 1. The lowest BCUT2D eigenvalue weighted by Gasteiger charge is -1.91. The summed E-state index contributed by atoms with van der Waals surface area (Å²) in [6, 6.07) is 0. The lowest BCUT2D eigenvalue weighted by atomic mass is 10.4. The molecule has 0 saturated carbocycles. The maximum Gasteiger partial charge on any atom is 0.373 e. The molecule has 0 aliphatic carbocycles. The van der Waals surface area contributed by atoms with Gasteiger partial charge in [-0.2, -0.15) is 0 Å². The topological polar surface area (TPSA) is 52.3 Å². The fraction of sp³-hybridized carbons (Fsp3) is 0.200. The van der Waals surface area contributed by atoms with Crippen molar-refractivity contribution in [2.24, 2.45) is 0 Å². The highest BCUT2D eigenvalue weighted by Crippen LogP contribution is 2.14. The molecular formula is C5H4INO3. The maximum atomic E-state index is 10.3. The number of halogens is 1. The molecule has 0 amide bonds. The molecule has 0 unspecified atom stereocenters. The van der Waals surface area contributed by atoms with Crippen LogP contribution in [-0.4, -0.2) is 9.13 Å². The van der Waals surface area contributed by atoms with Crippen molar-refractivity contribution >= 4 is 26.6 Å². The molecule has 54 valence electrons. The highest BCUT2D eigenvalue weighted by atomic mass is 127. The molecule has 5 heteroatoms. The zero-order valence-corrected chi connectivity index (χ0v) is 7.28. The number of hydrogen-bond acceptors (Lipinski definition) is 4. The SMILES string of the molecule is Cc1conc1OC(=O)I. The second-order valence-electron chi connectivity index (χ2n) is 1.64. The monoisotopic (exact) mass is 253 g/mol. The summed E-state index contributed by atoms with van der Waals surface area (Å²) in [4.78, 5) is 10.3. The van der Waals surface area contributed by atoms with Crippen LogP contribution in [0.3, 0.4) is 0 Å². The summed E-state index contributed by atoms with van der Waals surface area (Å²) in [6.45, 7) is 1.74. The maximum absolute atomic E-state index is 10.3. The Morgan fingerprint density at radius 1 is 1.90 bits per heavy atom. The van der Waals surface area contributed by atoms with Crippen LogP contribution in [0, 0.1) is 6.92 Å². The Morgan fingerprint density at radius 3 is 3.00 bits per heavy atom. The van der Waals surface area contributed by atoms with E-state index in [9.17, 15) is 4.79 Å². The largest absolute Gasteiger partial charge is 0.396 e. The van der Waals surface area contributed by atoms with Gasteiger partial charge in [-0.15, -0.1) is 0 Å². The molecule has 0 radical (unpaired) electrons. The Balaban J connectivity index is 2.74. The van der Waals surface area contributed by atoms with E-state index in [0.717, 1.165) is 0 Å². The minimum atomic E-state index is -0.422. The van der Waals surface area contributed by atoms with Gasteiger partial charge in [0.1, 0.15) is 6.26 Å². The fourth-order valence-corrected chi connectivity index (χ4v) is 0.659. The molecule has 10 heavy (non-hydrogen) atoms. The molecule has 0 aliphatic rings. The van der Waals surface area contributed by atoms with E-state index >= 15 is 0 Å². The number of nitrogens with zero attached hydrogens (tertiary/aromatic N) is 1. The van der Waals surface area contributed by atoms with Crippen LogP contribution in [0.2, 0.25) is 0 Å². The first kappa shape index (κ1) is 7.52. The lowest BCUT2D eigenvalue weighted by molar-refractivity contribution is 0.225. The molecule has 0 aliphatic heterocycles. The summed E-state index contributed by atoms with van der Waals surface area (Å²) in [5.74, 6) is 0.236. The van der Waals surface area contributed by atoms with E-state index in [1.54, 1.807) is 6.92 Å². The smallest absolute Gasteiger partial charge is 0.373 e. The second kappa shape index (κ2) is 3.00. The molecule has 1 rings (SSSR count). The van der Waals surface area contributed by atoms with Crippen LogP contribution in [-0.2, 0) is 0 Å². The van der Waals surface area contributed by atoms with E-state index < -0.39 is 3.98 Å². The quantitative estimate of drug-likeness (QED) is 0.566. The van der Waals surface area contributed by atoms with Crippen LogP contribution in [0.15, 0.2) is 10.8 Å². The van der Waals surface area contributed by atoms with E-state index in [1.807, 2.05) is 0 Å². The summed E-state index contributed by atoms with van der Waals surface area (Å²) in [5, 5.41) is 3.43. The van der Waals surface area contributed by atoms with E-state index in [4.69, 9.17) is 0 Å². The van der Waals surface area contributed by atoms with Crippen molar-refractivity contribution in [3.63, 3.8) is 0 Å². The van der Waals surface area contributed by atoms with Crippen molar-refractivity contribution in [1.82, 2.24) is 5.16 Å². The molecule has 0 saturated heterocycles. The highest BCUT2D eigenvalue weighted by Gasteiger charge is 2.06. The highest BCUT2D eigenvalue weighted by molar-refractivity contribution is 14.1. The third-order valence-corrected chi connectivity index (χ3v) is 1.10. The van der Waals surface area contributed by atoms with Gasteiger partial charge in [-0.1, -0.05) is 0 Å². The molecule has 4 nitrogen and oxygen atoms in total. The van der Waals surface area contributed by atoms with Crippen molar-refractivity contribution in [2.45, 2.75) is 6.92 Å². The Kier molecular flexibility index (Phi) is 2.25. The second-order valence-corrected chi connectivity index (χ2v) is 2.52. The van der Waals surface area contributed by atoms with E-state index in [0.29, 0.717) is 5.56 Å². The first-order chi connectivity index (χ1) is 4.70. The third-order valence-electron chi connectivity index (χ3n) is 0.879. The standard InChI is InChI=1S/C5H4INO3/c1-3-2-9-7-4(3)10-5(6)8/h2H,1H3. The number of carbonyl (C=O) groups is 1. The number of aromatic nitrogens is 1. The van der Waals surface area contributed by atoms with Crippen molar-refractivity contribution < 1.29 is 14.1 Å². The van der Waals surface area contributed by atoms with Gasteiger partial charge in [0.15, 0.2) is 0 Å². The summed E-state index contributed by atoms with van der Waals surface area (Å²) in [6.07, 6.45) is 1.41. The molecule has 0 N–H and O–H groups in total. The first-order valence-electron chi connectivity index (χ1n) is 2.48. The molecule has 1 aromatic heterocycles. The molecule has 1 aromatic rings. The van der Waals surface area contributed by atoms with Crippen molar-refractivity contribution in [2.75, 3.05) is 0 Å². The third kappa shape index (κ3) is 1.69. The van der Waals surface area contributed by atoms with Gasteiger partial charge in [-0.3, -0.25) is 0 Å². The Morgan fingerprint density at radius 2 is 2.60 bits per heavy atom. The molecular weight excluding hydrogens is 249 g/mol. The van der Waals surface area contributed by atoms with Gasteiger partial charge in [0.2, 0.25) is 0 Å². The molecule has 0 spiro atoms. The average molecular weight is 253 g/mol. The molecule has 0 fully saturated rings. The summed E-state index contributed by atoms with van der Waals surface area (Å²) >= 11 is 1.52. The van der Waals surface area contributed by atoms with Gasteiger partial charge < -0.3 is 9.26 Å². The van der Waals surface area contributed by atoms with Gasteiger partial charge >= 0.3 is 3.98 Å². The predicted molar refractivity (Wildman–Crippen MR) is 41.3 cm³/mol. The Labute approximate surface area is 70.7 Å². The summed E-state index contributed by atoms with van der Waals surface area (Å²) < 4.78 is 8.72. The van der Waals surface area contributed by atoms with Crippen LogP contribution in [0.5, 0.6) is 5.88 Å². The number of hydrogen-bond donors (Lipinski definition) is 0. The number of aryl methyl sites for hydroxylation is 1. The van der Waals surface area contributed by atoms with E-state index in [2.05, 4.69) is 14.4 Å². The normalized spacial score (nSPS) is 9.40. The van der Waals surface area contributed by atoms with Gasteiger partial charge in [0.05, 0.1) is 28.2 Å². The molecule has 0 bridgehead atoms. The van der Waals surface area contributed by atoms with Gasteiger partial charge in [0, 0.05) is 0 Å². The van der Waals surface area contributed by atoms with Crippen molar-refractivity contribution in [3.05, 3.63) is 11.8 Å². The Hall–Kier alpha value is -0.590. The zero-order chi connectivity index (χ0) is 7.56. The minimum Gasteiger partial charge on any atom is -0.396 e. The van der Waals surface area contributed by atoms with E-state index in [1.165, 1.54) is 28.9 Å². The Bertz CT molecular complexity index is 245. The van der Waals surface area contributed by atoms with Gasteiger partial charge in [-0.25, -0.2) is 4.79 Å². The van der Waals surface area contributed by atoms with Crippen molar-refractivity contribution in [3.8, 4) is 5.88 Å². The van der Waals surface area contributed by atoms with Gasteiger partial charge in [-0.05, 0) is 12.1 Å². The summed E-state index contributed by atoms with van der Waals surface area (Å²) in [5.41, 5.74) is 0.713. The van der Waals surface area contributed by atoms with Crippen LogP contribution in [0.25, 0.3) is 0 Å². The predicted octanol–water partition coefficient (Wildman–Crippen LogP) is 1.92. The average Bonchev–Trinajstić information content (AvgIpc) is 2.15. The molecule has 1 heterocycles. The number of rotatable bonds is 1. The number of ether oxygens (including phenoxy) is 1. The minimum absolute atomic E-state index is 0.236. The first-order valence-corrected chi connectivity index (χ1v) is 3.56. The lowest BCUT2D eigenvalue weighted by Crippen LogP contribution is -1.96. The van der Waals surface area contributed by atoms with Crippen LogP contribution in [0.4, 0.5) is 4.79 Å². The van der Waals surface area contributed by atoms with Crippen LogP contribution in [0.1, 0.15) is 5.56 Å². The molecule has 0 atom stereocenters. The van der Waals surface area contributed by atoms with Crippen LogP contribution >= 0.6 is 22.6 Å². The zero-order valence-electron chi connectivity index (χ0n) is 5.13. The summed E-state index contributed by atoms with van der Waals surface area (Å²) in [7, 11) is 0. The van der Waals surface area contributed by atoms with Crippen molar-refractivity contribution in [1.29, 1.82) is 0 Å².